The van der Waals surface area contributed by atoms with Gasteiger partial charge in [-0.15, -0.1) is 0 Å². The molecular formula is C11H15NO5S. The summed E-state index contributed by atoms with van der Waals surface area (Å²) in [7, 11) is 1.46. The first kappa shape index (κ1) is 14.7. The topological polar surface area (TPSA) is 83.9 Å². The Morgan fingerprint density at radius 3 is 2.72 bits per heavy atom. The van der Waals surface area contributed by atoms with Crippen LogP contribution in [0.5, 0.6) is 0 Å². The predicted octanol–water partition coefficient (Wildman–Crippen LogP) is 0.482. The van der Waals surface area contributed by atoms with Crippen molar-refractivity contribution < 1.29 is 24.2 Å². The van der Waals surface area contributed by atoms with Gasteiger partial charge in [-0.1, -0.05) is 11.8 Å². The Balaban J connectivity index is 2.59. The summed E-state index contributed by atoms with van der Waals surface area (Å²) < 4.78 is 5.02. The van der Waals surface area contributed by atoms with E-state index in [2.05, 4.69) is 0 Å². The highest BCUT2D eigenvalue weighted by molar-refractivity contribution is 8.13. The van der Waals surface area contributed by atoms with E-state index in [-0.39, 0.29) is 35.8 Å². The van der Waals surface area contributed by atoms with Crippen molar-refractivity contribution in [2.75, 3.05) is 19.4 Å². The van der Waals surface area contributed by atoms with Crippen LogP contribution in [0.1, 0.15) is 13.3 Å². The molecule has 0 aliphatic carbocycles. The fraction of sp³-hybridized carbons (Fsp3) is 0.545. The highest BCUT2D eigenvalue weighted by Gasteiger charge is 2.31. The second-order valence-electron chi connectivity index (χ2n) is 3.73. The number of carbonyl (C=O) groups excluding carboxylic acids is 2. The first-order valence-corrected chi connectivity index (χ1v) is 6.36. The Morgan fingerprint density at radius 2 is 2.22 bits per heavy atom. The van der Waals surface area contributed by atoms with Crippen LogP contribution in [0.15, 0.2) is 11.8 Å². The molecule has 1 atom stereocenters. The van der Waals surface area contributed by atoms with E-state index in [0.717, 1.165) is 11.8 Å². The second-order valence-corrected chi connectivity index (χ2v) is 5.00. The Labute approximate surface area is 109 Å². The quantitative estimate of drug-likeness (QED) is 0.784. The van der Waals surface area contributed by atoms with E-state index in [1.165, 1.54) is 25.0 Å². The molecule has 6 nitrogen and oxygen atoms in total. The van der Waals surface area contributed by atoms with Crippen molar-refractivity contribution in [1.82, 2.24) is 4.90 Å². The summed E-state index contributed by atoms with van der Waals surface area (Å²) in [5, 5.41) is 8.92. The molecule has 1 aliphatic heterocycles. The molecule has 0 spiro atoms. The Hall–Kier alpha value is -1.34. The smallest absolute Gasteiger partial charge is 0.352 e. The summed E-state index contributed by atoms with van der Waals surface area (Å²) in [5.41, 5.74) is -0.0559. The maximum atomic E-state index is 11.8. The lowest BCUT2D eigenvalue weighted by atomic mass is 10.3. The van der Waals surface area contributed by atoms with E-state index in [4.69, 9.17) is 9.84 Å². The molecule has 0 aromatic rings. The van der Waals surface area contributed by atoms with Crippen molar-refractivity contribution in [3.8, 4) is 0 Å². The summed E-state index contributed by atoms with van der Waals surface area (Å²) in [6, 6.07) is 0. The van der Waals surface area contributed by atoms with Crippen molar-refractivity contribution in [3.63, 3.8) is 0 Å². The van der Waals surface area contributed by atoms with Crippen molar-refractivity contribution in [2.24, 2.45) is 0 Å². The maximum absolute atomic E-state index is 11.8. The lowest BCUT2D eigenvalue weighted by Crippen LogP contribution is -2.33. The van der Waals surface area contributed by atoms with Gasteiger partial charge in [-0.05, 0) is 6.08 Å². The number of ether oxygens (including phenoxy) is 1. The summed E-state index contributed by atoms with van der Waals surface area (Å²) >= 11 is 1.05. The van der Waals surface area contributed by atoms with E-state index >= 15 is 0 Å². The number of hydrogen-bond donors (Lipinski definition) is 1. The molecule has 0 saturated heterocycles. The van der Waals surface area contributed by atoms with Crippen LogP contribution in [0.25, 0.3) is 0 Å². The zero-order valence-corrected chi connectivity index (χ0v) is 11.0. The molecule has 0 fully saturated rings. The van der Waals surface area contributed by atoms with Gasteiger partial charge in [-0.3, -0.25) is 9.59 Å². The summed E-state index contributed by atoms with van der Waals surface area (Å²) in [4.78, 5) is 34.7. The van der Waals surface area contributed by atoms with Gasteiger partial charge in [0.25, 0.3) is 0 Å². The van der Waals surface area contributed by atoms with E-state index in [0.29, 0.717) is 5.75 Å². The number of thioether (sulfide) groups is 1. The minimum Gasteiger partial charge on any atom is -0.477 e. The van der Waals surface area contributed by atoms with Crippen molar-refractivity contribution in [3.05, 3.63) is 11.8 Å². The Morgan fingerprint density at radius 1 is 1.56 bits per heavy atom. The molecule has 1 rings (SSSR count). The lowest BCUT2D eigenvalue weighted by molar-refractivity contribution is -0.139. The fourth-order valence-corrected chi connectivity index (χ4v) is 2.14. The van der Waals surface area contributed by atoms with Crippen LogP contribution < -0.4 is 0 Å². The number of carbonyl (C=O) groups is 3. The number of amides is 1. The molecule has 0 aromatic heterocycles. The van der Waals surface area contributed by atoms with Gasteiger partial charge in [0, 0.05) is 26.2 Å². The first-order chi connectivity index (χ1) is 8.45. The van der Waals surface area contributed by atoms with Crippen LogP contribution in [0.4, 0.5) is 0 Å². The Bertz CT molecular complexity index is 393. The van der Waals surface area contributed by atoms with E-state index in [1.54, 1.807) is 0 Å². The molecule has 1 amide bonds. The van der Waals surface area contributed by atoms with Crippen molar-refractivity contribution in [2.45, 2.75) is 19.4 Å². The van der Waals surface area contributed by atoms with Gasteiger partial charge in [0.2, 0.25) is 5.91 Å². The second kappa shape index (κ2) is 6.55. The molecule has 1 N–H and O–H groups in total. The van der Waals surface area contributed by atoms with E-state index in [9.17, 15) is 14.4 Å². The molecule has 0 bridgehead atoms. The molecule has 7 heteroatoms. The average molecular weight is 273 g/mol. The summed E-state index contributed by atoms with van der Waals surface area (Å²) in [6.45, 7) is 1.64. The van der Waals surface area contributed by atoms with Gasteiger partial charge in [-0.2, -0.15) is 0 Å². The SMILES string of the molecule is COC1C=C(C(=O)O)N(C(=O)CCSC(C)=O)C1. The molecule has 1 unspecified atom stereocenters. The zero-order chi connectivity index (χ0) is 13.7. The molecule has 0 aromatic carbocycles. The zero-order valence-electron chi connectivity index (χ0n) is 10.2. The van der Waals surface area contributed by atoms with Gasteiger partial charge in [0.15, 0.2) is 5.12 Å². The van der Waals surface area contributed by atoms with Crippen LogP contribution in [0, 0.1) is 0 Å². The van der Waals surface area contributed by atoms with Gasteiger partial charge >= 0.3 is 5.97 Å². The van der Waals surface area contributed by atoms with Crippen LogP contribution in [-0.4, -0.2) is 52.5 Å². The fourth-order valence-electron chi connectivity index (χ4n) is 1.58. The monoisotopic (exact) mass is 273 g/mol. The maximum Gasteiger partial charge on any atom is 0.352 e. The van der Waals surface area contributed by atoms with E-state index in [1.807, 2.05) is 0 Å². The number of rotatable bonds is 5. The van der Waals surface area contributed by atoms with Crippen LogP contribution >= 0.6 is 11.8 Å². The third-order valence-electron chi connectivity index (χ3n) is 2.44. The number of hydrogen-bond acceptors (Lipinski definition) is 5. The third-order valence-corrected chi connectivity index (χ3v) is 3.26. The van der Waals surface area contributed by atoms with Crippen LogP contribution in [-0.2, 0) is 19.1 Å². The van der Waals surface area contributed by atoms with Gasteiger partial charge in [0.1, 0.15) is 5.70 Å². The van der Waals surface area contributed by atoms with Crippen molar-refractivity contribution in [1.29, 1.82) is 0 Å². The molecule has 100 valence electrons. The standard InChI is InChI=1S/C11H15NO5S/c1-7(13)18-4-3-10(14)12-6-8(17-2)5-9(12)11(15)16/h5,8H,3-4,6H2,1-2H3,(H,15,16). The number of carboxylic acids is 1. The molecule has 18 heavy (non-hydrogen) atoms. The average Bonchev–Trinajstić information content (AvgIpc) is 2.72. The van der Waals surface area contributed by atoms with Crippen LogP contribution in [0.2, 0.25) is 0 Å². The van der Waals surface area contributed by atoms with Crippen molar-refractivity contribution >= 4 is 28.8 Å². The van der Waals surface area contributed by atoms with Gasteiger partial charge in [-0.25, -0.2) is 4.79 Å². The number of aliphatic carboxylic acids is 1. The largest absolute Gasteiger partial charge is 0.477 e. The molecule has 0 saturated carbocycles. The minimum atomic E-state index is -1.15. The number of methoxy groups -OCH3 is 1. The predicted molar refractivity (Wildman–Crippen MR) is 66.0 cm³/mol. The molecular weight excluding hydrogens is 258 g/mol. The van der Waals surface area contributed by atoms with Gasteiger partial charge < -0.3 is 14.7 Å². The van der Waals surface area contributed by atoms with E-state index < -0.39 is 5.97 Å². The van der Waals surface area contributed by atoms with Crippen LogP contribution in [0.3, 0.4) is 0 Å². The highest BCUT2D eigenvalue weighted by atomic mass is 32.2. The molecule has 1 heterocycles. The normalized spacial score (nSPS) is 18.7. The summed E-state index contributed by atoms with van der Waals surface area (Å²) in [6.07, 6.45) is 1.16. The molecule has 1 aliphatic rings. The lowest BCUT2D eigenvalue weighted by Gasteiger charge is -2.18. The molecule has 0 radical (unpaired) electrons. The van der Waals surface area contributed by atoms with Gasteiger partial charge in [0.05, 0.1) is 12.6 Å². The minimum absolute atomic E-state index is 0.0559. The third kappa shape index (κ3) is 3.85. The highest BCUT2D eigenvalue weighted by Crippen LogP contribution is 2.19. The number of nitrogens with zero attached hydrogens (tertiary/aromatic N) is 1. The number of carboxylic acid groups (broad SMARTS) is 1. The Kier molecular flexibility index (Phi) is 5.36. The summed E-state index contributed by atoms with van der Waals surface area (Å²) in [5.74, 6) is -1.10. The first-order valence-electron chi connectivity index (χ1n) is 5.37.